The molecule has 0 bridgehead atoms. The topological polar surface area (TPSA) is 91.8 Å². The first-order valence-electron chi connectivity index (χ1n) is 5.44. The molecule has 2 rings (SSSR count). The number of nitro groups is 1. The lowest BCUT2D eigenvalue weighted by Crippen LogP contribution is -2.18. The van der Waals surface area contributed by atoms with E-state index in [4.69, 9.17) is 5.26 Å². The molecular weight excluding hydrogens is 252 g/mol. The number of thioether (sulfide) groups is 1. The Kier molecular flexibility index (Phi) is 3.39. The maximum absolute atomic E-state index is 10.9. The molecule has 1 saturated carbocycles. The van der Waals surface area contributed by atoms with Crippen LogP contribution < -0.4 is 5.32 Å². The van der Waals surface area contributed by atoms with E-state index in [1.807, 2.05) is 12.3 Å². The van der Waals surface area contributed by atoms with Crippen molar-refractivity contribution in [2.45, 2.75) is 17.6 Å². The molecule has 1 aromatic heterocycles. The van der Waals surface area contributed by atoms with Crippen molar-refractivity contribution >= 4 is 23.3 Å². The van der Waals surface area contributed by atoms with E-state index < -0.39 is 4.92 Å². The molecule has 0 unspecified atom stereocenters. The van der Waals surface area contributed by atoms with Crippen molar-refractivity contribution in [1.29, 1.82) is 5.26 Å². The highest BCUT2D eigenvalue weighted by Crippen LogP contribution is 2.47. The third-order valence-corrected chi connectivity index (χ3v) is 4.43. The van der Waals surface area contributed by atoms with Gasteiger partial charge in [0.25, 0.3) is 0 Å². The third-order valence-electron chi connectivity index (χ3n) is 3.01. The summed E-state index contributed by atoms with van der Waals surface area (Å²) in [6.07, 6.45) is 5.61. The van der Waals surface area contributed by atoms with E-state index in [2.05, 4.69) is 10.3 Å². The minimum absolute atomic E-state index is 0.147. The van der Waals surface area contributed by atoms with Gasteiger partial charge in [-0.05, 0) is 19.1 Å². The van der Waals surface area contributed by atoms with Crippen LogP contribution >= 0.6 is 11.8 Å². The molecule has 0 aromatic carbocycles. The van der Waals surface area contributed by atoms with Gasteiger partial charge in [-0.3, -0.25) is 10.1 Å². The Morgan fingerprint density at radius 1 is 1.72 bits per heavy atom. The summed E-state index contributed by atoms with van der Waals surface area (Å²) in [5, 5.41) is 22.6. The van der Waals surface area contributed by atoms with Gasteiger partial charge in [-0.15, -0.1) is 0 Å². The summed E-state index contributed by atoms with van der Waals surface area (Å²) in [6, 6.07) is 3.09. The first-order valence-corrected chi connectivity index (χ1v) is 6.66. The lowest BCUT2D eigenvalue weighted by molar-refractivity contribution is -0.384. The van der Waals surface area contributed by atoms with Crippen LogP contribution in [0, 0.1) is 21.4 Å². The Morgan fingerprint density at radius 2 is 2.44 bits per heavy atom. The van der Waals surface area contributed by atoms with Crippen molar-refractivity contribution in [2.75, 3.05) is 18.1 Å². The van der Waals surface area contributed by atoms with Crippen molar-refractivity contribution in [2.24, 2.45) is 0 Å². The maximum atomic E-state index is 10.9. The largest absolute Gasteiger partial charge is 0.363 e. The second-order valence-electron chi connectivity index (χ2n) is 4.20. The predicted molar refractivity (Wildman–Crippen MR) is 69.6 cm³/mol. The number of pyridine rings is 1. The summed E-state index contributed by atoms with van der Waals surface area (Å²) in [4.78, 5) is 14.3. The fourth-order valence-electron chi connectivity index (χ4n) is 1.63. The van der Waals surface area contributed by atoms with E-state index in [0.29, 0.717) is 6.54 Å². The highest BCUT2D eigenvalue weighted by atomic mass is 32.2. The summed E-state index contributed by atoms with van der Waals surface area (Å²) < 4.78 is 0.198. The Balaban J connectivity index is 2.17. The number of rotatable bonds is 5. The first-order chi connectivity index (χ1) is 8.60. The van der Waals surface area contributed by atoms with Crippen LogP contribution in [0.1, 0.15) is 18.4 Å². The standard InChI is InChI=1S/C11H12N4O2S/c1-18-11(2-3-11)7-14-10-9(15(16)17)4-8(5-12)6-13-10/h4,6H,2-3,7H2,1H3,(H,13,14). The first kappa shape index (κ1) is 12.6. The smallest absolute Gasteiger partial charge is 0.312 e. The molecule has 1 heterocycles. The molecule has 0 atom stereocenters. The maximum Gasteiger partial charge on any atom is 0.312 e. The Labute approximate surface area is 109 Å². The monoisotopic (exact) mass is 264 g/mol. The van der Waals surface area contributed by atoms with Gasteiger partial charge < -0.3 is 5.32 Å². The second kappa shape index (κ2) is 4.82. The molecular formula is C11H12N4O2S. The van der Waals surface area contributed by atoms with Crippen LogP contribution in [0.25, 0.3) is 0 Å². The zero-order valence-corrected chi connectivity index (χ0v) is 10.7. The number of anilines is 1. The molecule has 18 heavy (non-hydrogen) atoms. The van der Waals surface area contributed by atoms with Gasteiger partial charge in [0, 0.05) is 23.6 Å². The predicted octanol–water partition coefficient (Wildman–Crippen LogP) is 2.17. The van der Waals surface area contributed by atoms with Crippen LogP contribution in [0.3, 0.4) is 0 Å². The summed E-state index contributed by atoms with van der Waals surface area (Å²) >= 11 is 1.77. The minimum Gasteiger partial charge on any atom is -0.363 e. The van der Waals surface area contributed by atoms with E-state index >= 15 is 0 Å². The second-order valence-corrected chi connectivity index (χ2v) is 5.48. The number of nitriles is 1. The van der Waals surface area contributed by atoms with Crippen molar-refractivity contribution in [1.82, 2.24) is 4.98 Å². The van der Waals surface area contributed by atoms with E-state index in [0.717, 1.165) is 12.8 Å². The van der Waals surface area contributed by atoms with Gasteiger partial charge in [0.2, 0.25) is 5.82 Å². The van der Waals surface area contributed by atoms with Crippen molar-refractivity contribution in [3.63, 3.8) is 0 Å². The van der Waals surface area contributed by atoms with E-state index in [1.54, 1.807) is 11.8 Å². The quantitative estimate of drug-likeness (QED) is 0.647. The third kappa shape index (κ3) is 2.54. The highest BCUT2D eigenvalue weighted by Gasteiger charge is 2.42. The summed E-state index contributed by atoms with van der Waals surface area (Å²) in [5.74, 6) is 0.235. The fourth-order valence-corrected chi connectivity index (χ4v) is 2.35. The molecule has 1 fully saturated rings. The molecule has 1 aliphatic carbocycles. The number of aromatic nitrogens is 1. The zero-order chi connectivity index (χ0) is 13.2. The fraction of sp³-hybridized carbons (Fsp3) is 0.455. The zero-order valence-electron chi connectivity index (χ0n) is 9.84. The van der Waals surface area contributed by atoms with Gasteiger partial charge >= 0.3 is 5.69 Å². The average Bonchev–Trinajstić information content (AvgIpc) is 3.16. The average molecular weight is 264 g/mol. The van der Waals surface area contributed by atoms with Crippen molar-refractivity contribution in [3.05, 3.63) is 27.9 Å². The molecule has 0 amide bonds. The number of hydrogen-bond donors (Lipinski definition) is 1. The van der Waals surface area contributed by atoms with Gasteiger partial charge in [-0.1, -0.05) is 0 Å². The number of hydrogen-bond acceptors (Lipinski definition) is 6. The van der Waals surface area contributed by atoms with Gasteiger partial charge in [0.15, 0.2) is 0 Å². The molecule has 1 N–H and O–H groups in total. The molecule has 1 aliphatic rings. The number of nitrogens with one attached hydrogen (secondary N) is 1. The summed E-state index contributed by atoms with van der Waals surface area (Å²) in [7, 11) is 0. The molecule has 0 aliphatic heterocycles. The number of nitrogens with zero attached hydrogens (tertiary/aromatic N) is 3. The van der Waals surface area contributed by atoms with E-state index in [-0.39, 0.29) is 21.8 Å². The molecule has 94 valence electrons. The van der Waals surface area contributed by atoms with Crippen LogP contribution in [-0.4, -0.2) is 27.5 Å². The normalized spacial score (nSPS) is 15.8. The van der Waals surface area contributed by atoms with E-state index in [1.165, 1.54) is 12.3 Å². The molecule has 1 aromatic rings. The molecule has 0 spiro atoms. The van der Waals surface area contributed by atoms with Gasteiger partial charge in [-0.25, -0.2) is 4.98 Å². The van der Waals surface area contributed by atoms with Crippen LogP contribution in [0.4, 0.5) is 11.5 Å². The highest BCUT2D eigenvalue weighted by molar-refractivity contribution is 8.00. The van der Waals surface area contributed by atoms with Crippen molar-refractivity contribution < 1.29 is 4.92 Å². The molecule has 0 saturated heterocycles. The van der Waals surface area contributed by atoms with Crippen LogP contribution in [0.15, 0.2) is 12.3 Å². The molecule has 0 radical (unpaired) electrons. The Bertz CT molecular complexity index is 522. The van der Waals surface area contributed by atoms with Crippen molar-refractivity contribution in [3.8, 4) is 6.07 Å². The SMILES string of the molecule is CSC1(CNc2ncc(C#N)cc2[N+](=O)[O-])CC1. The summed E-state index contributed by atoms with van der Waals surface area (Å²) in [6.45, 7) is 0.661. The molecule has 7 heteroatoms. The summed E-state index contributed by atoms with van der Waals surface area (Å²) in [5.41, 5.74) is 0.0456. The Hall–Kier alpha value is -1.81. The lowest BCUT2D eigenvalue weighted by atomic mass is 10.2. The van der Waals surface area contributed by atoms with Crippen LogP contribution in [0.2, 0.25) is 0 Å². The Morgan fingerprint density at radius 3 is 2.94 bits per heavy atom. The minimum atomic E-state index is -0.519. The van der Waals surface area contributed by atoms with E-state index in [9.17, 15) is 10.1 Å². The van der Waals surface area contributed by atoms with Crippen LogP contribution in [0.5, 0.6) is 0 Å². The van der Waals surface area contributed by atoms with Gasteiger partial charge in [0.05, 0.1) is 10.5 Å². The molecule has 6 nitrogen and oxygen atoms in total. The lowest BCUT2D eigenvalue weighted by Gasteiger charge is -2.13. The van der Waals surface area contributed by atoms with Crippen LogP contribution in [-0.2, 0) is 0 Å². The van der Waals surface area contributed by atoms with Gasteiger partial charge in [-0.2, -0.15) is 17.0 Å². The van der Waals surface area contributed by atoms with Gasteiger partial charge in [0.1, 0.15) is 6.07 Å².